The van der Waals surface area contributed by atoms with Gasteiger partial charge in [-0.3, -0.25) is 0 Å². The summed E-state index contributed by atoms with van der Waals surface area (Å²) in [5.74, 6) is 0. The number of hydrogen-bond donors (Lipinski definition) is 2. The van der Waals surface area contributed by atoms with Crippen LogP contribution in [0.5, 0.6) is 0 Å². The molecule has 0 saturated carbocycles. The number of carbonyl (C=O) groups excluding carboxylic acids is 1. The van der Waals surface area contributed by atoms with Crippen molar-refractivity contribution in [2.75, 3.05) is 0 Å². The number of hydrogen-bond acceptors (Lipinski definition) is 3. The van der Waals surface area contributed by atoms with E-state index in [9.17, 15) is 4.79 Å². The summed E-state index contributed by atoms with van der Waals surface area (Å²) < 4.78 is 4.58. The molecule has 0 aromatic heterocycles. The fraction of sp³-hybridized carbons (Fsp3) is 0.125. The van der Waals surface area contributed by atoms with Gasteiger partial charge in [0, 0.05) is 0 Å². The van der Waals surface area contributed by atoms with Gasteiger partial charge in [0.1, 0.15) is 6.61 Å². The largest absolute Gasteiger partial charge is 0.602 e. The Labute approximate surface area is 69.7 Å². The van der Waals surface area contributed by atoms with Crippen LogP contribution in [0.3, 0.4) is 0 Å². The van der Waals surface area contributed by atoms with E-state index in [1.807, 2.05) is 30.3 Å². The lowest BCUT2D eigenvalue weighted by atomic mass is 10.2. The van der Waals surface area contributed by atoms with Crippen LogP contribution in [0.1, 0.15) is 5.56 Å². The van der Waals surface area contributed by atoms with Gasteiger partial charge in [0.15, 0.2) is 0 Å². The molecule has 4 nitrogen and oxygen atoms in total. The second kappa shape index (κ2) is 4.48. The standard InChI is InChI=1S/C8H9NO3/c10-8(9-11)12-6-7-4-2-1-3-5-7/h1-5,9,11H,6H2/q+1. The Kier molecular flexibility index (Phi) is 3.25. The third kappa shape index (κ3) is 2.69. The van der Waals surface area contributed by atoms with Gasteiger partial charge in [0.05, 0.1) is 5.48 Å². The quantitative estimate of drug-likeness (QED) is 0.483. The van der Waals surface area contributed by atoms with E-state index >= 15 is 0 Å². The molecular weight excluding hydrogens is 158 g/mol. The number of ether oxygens (including phenoxy) is 1. The average molecular weight is 167 g/mol. The molecule has 0 unspecified atom stereocenters. The molecule has 1 aromatic rings. The number of amides is 1. The molecule has 0 aliphatic heterocycles. The van der Waals surface area contributed by atoms with Crippen molar-refractivity contribution in [2.24, 2.45) is 0 Å². The zero-order valence-electron chi connectivity index (χ0n) is 6.36. The van der Waals surface area contributed by atoms with E-state index in [4.69, 9.17) is 5.21 Å². The Bertz CT molecular complexity index is 248. The highest BCUT2D eigenvalue weighted by molar-refractivity contribution is 5.54. The second-order valence-corrected chi connectivity index (χ2v) is 2.17. The highest BCUT2D eigenvalue weighted by Crippen LogP contribution is 1.99. The predicted molar refractivity (Wildman–Crippen MR) is 39.4 cm³/mol. The fourth-order valence-electron chi connectivity index (χ4n) is 0.755. The van der Waals surface area contributed by atoms with Gasteiger partial charge in [0.2, 0.25) is 0 Å². The van der Waals surface area contributed by atoms with Crippen LogP contribution in [0.15, 0.2) is 30.3 Å². The van der Waals surface area contributed by atoms with Crippen molar-refractivity contribution in [1.82, 2.24) is 0 Å². The van der Waals surface area contributed by atoms with E-state index in [2.05, 4.69) is 4.74 Å². The molecule has 1 amide bonds. The molecule has 1 radical (unpaired) electrons. The van der Waals surface area contributed by atoms with E-state index in [-0.39, 0.29) is 6.61 Å². The van der Waals surface area contributed by atoms with Gasteiger partial charge in [-0.1, -0.05) is 30.3 Å². The second-order valence-electron chi connectivity index (χ2n) is 2.17. The summed E-state index contributed by atoms with van der Waals surface area (Å²) in [7, 11) is 0. The van der Waals surface area contributed by atoms with E-state index in [0.29, 0.717) is 0 Å². The molecule has 0 heterocycles. The maximum absolute atomic E-state index is 10.4. The number of rotatable bonds is 2. The highest BCUT2D eigenvalue weighted by Gasteiger charge is 2.08. The summed E-state index contributed by atoms with van der Waals surface area (Å²) in [6.45, 7) is 0.160. The van der Waals surface area contributed by atoms with E-state index in [1.165, 1.54) is 5.48 Å². The third-order valence-electron chi connectivity index (χ3n) is 1.30. The van der Waals surface area contributed by atoms with Crippen molar-refractivity contribution >= 4 is 6.09 Å². The first-order valence-corrected chi connectivity index (χ1v) is 3.43. The molecule has 4 heteroatoms. The van der Waals surface area contributed by atoms with E-state index in [1.54, 1.807) is 0 Å². The Hall–Kier alpha value is -1.39. The molecule has 1 rings (SSSR count). The molecule has 63 valence electrons. The van der Waals surface area contributed by atoms with Gasteiger partial charge < -0.3 is 4.74 Å². The van der Waals surface area contributed by atoms with Crippen LogP contribution in [0.4, 0.5) is 4.79 Å². The first-order valence-electron chi connectivity index (χ1n) is 3.43. The minimum absolute atomic E-state index is 0.160. The number of carbonyl (C=O) groups is 1. The molecule has 0 spiro atoms. The molecule has 1 aromatic carbocycles. The monoisotopic (exact) mass is 167 g/mol. The lowest BCUT2D eigenvalue weighted by Crippen LogP contribution is -2.84. The van der Waals surface area contributed by atoms with Crippen LogP contribution in [0.2, 0.25) is 0 Å². The van der Waals surface area contributed by atoms with Gasteiger partial charge >= 0.3 is 6.09 Å². The molecule has 0 aliphatic rings. The van der Waals surface area contributed by atoms with Crippen molar-refractivity contribution in [1.29, 1.82) is 0 Å². The first-order chi connectivity index (χ1) is 5.83. The molecule has 2 N–H and O–H groups in total. The number of hydroxylamine groups is 1. The maximum atomic E-state index is 10.4. The van der Waals surface area contributed by atoms with Crippen LogP contribution in [0, 0.1) is 0 Å². The zero-order chi connectivity index (χ0) is 8.81. The summed E-state index contributed by atoms with van der Waals surface area (Å²) >= 11 is 0. The van der Waals surface area contributed by atoms with Crippen molar-refractivity contribution < 1.29 is 20.2 Å². The Morgan fingerprint density at radius 2 is 2.08 bits per heavy atom. The highest BCUT2D eigenvalue weighted by atomic mass is 16.6. The van der Waals surface area contributed by atoms with Crippen LogP contribution in [-0.4, -0.2) is 11.3 Å². The van der Waals surface area contributed by atoms with Gasteiger partial charge in [-0.2, -0.15) is 10.0 Å². The summed E-state index contributed by atoms with van der Waals surface area (Å²) in [6, 6.07) is 9.20. The normalized spacial score (nSPS) is 9.42. The minimum Gasteiger partial charge on any atom is -0.409 e. The Morgan fingerprint density at radius 1 is 1.42 bits per heavy atom. The first kappa shape index (κ1) is 8.70. The van der Waals surface area contributed by atoms with Gasteiger partial charge in [-0.25, -0.2) is 0 Å². The van der Waals surface area contributed by atoms with Gasteiger partial charge in [-0.05, 0) is 5.56 Å². The molecule has 0 saturated heterocycles. The molecular formula is C8H9NO3+. The summed E-state index contributed by atoms with van der Waals surface area (Å²) in [5.41, 5.74) is 2.25. The molecule has 0 bridgehead atoms. The molecule has 0 atom stereocenters. The third-order valence-corrected chi connectivity index (χ3v) is 1.30. The lowest BCUT2D eigenvalue weighted by molar-refractivity contribution is -0.818. The van der Waals surface area contributed by atoms with Crippen LogP contribution < -0.4 is 5.48 Å². The van der Waals surface area contributed by atoms with Crippen molar-refractivity contribution in [3.05, 3.63) is 35.9 Å². The van der Waals surface area contributed by atoms with Crippen LogP contribution in [-0.2, 0) is 11.3 Å². The minimum atomic E-state index is -0.848. The molecule has 12 heavy (non-hydrogen) atoms. The lowest BCUT2D eigenvalue weighted by Gasteiger charge is -1.97. The summed E-state index contributed by atoms with van der Waals surface area (Å²) in [5, 5.41) is 8.09. The van der Waals surface area contributed by atoms with Crippen LogP contribution >= 0.6 is 0 Å². The number of benzene rings is 1. The average Bonchev–Trinajstić information content (AvgIpc) is 2.16. The Morgan fingerprint density at radius 3 is 2.67 bits per heavy atom. The van der Waals surface area contributed by atoms with E-state index < -0.39 is 6.09 Å². The van der Waals surface area contributed by atoms with Crippen LogP contribution in [0.25, 0.3) is 0 Å². The maximum Gasteiger partial charge on any atom is 0.602 e. The van der Waals surface area contributed by atoms with Crippen molar-refractivity contribution in [3.8, 4) is 0 Å². The molecule has 0 aliphatic carbocycles. The van der Waals surface area contributed by atoms with Gasteiger partial charge in [-0.15, -0.1) is 0 Å². The fourth-order valence-corrected chi connectivity index (χ4v) is 0.755. The zero-order valence-corrected chi connectivity index (χ0v) is 6.36. The smallest absolute Gasteiger partial charge is 0.409 e. The van der Waals surface area contributed by atoms with Crippen molar-refractivity contribution in [2.45, 2.75) is 6.61 Å². The molecule has 0 fully saturated rings. The topological polar surface area (TPSA) is 62.1 Å². The van der Waals surface area contributed by atoms with Crippen molar-refractivity contribution in [3.63, 3.8) is 0 Å². The summed E-state index contributed by atoms with van der Waals surface area (Å²) in [4.78, 5) is 10.4. The Balaban J connectivity index is 2.38. The van der Waals surface area contributed by atoms with Gasteiger partial charge in [0.25, 0.3) is 0 Å². The SMILES string of the molecule is O=C([NH+]O)OCc1ccccc1. The van der Waals surface area contributed by atoms with E-state index in [0.717, 1.165) is 5.56 Å². The summed E-state index contributed by atoms with van der Waals surface area (Å²) in [6.07, 6.45) is -0.848. The predicted octanol–water partition coefficient (Wildman–Crippen LogP) is 0.0616. The number of nitrogens with one attached hydrogen (secondary N) is 1.